The Kier molecular flexibility index (Phi) is 5.93. The van der Waals surface area contributed by atoms with Crippen LogP contribution in [0, 0.1) is 0 Å². The lowest BCUT2D eigenvalue weighted by Gasteiger charge is -2.35. The molecule has 2 aromatic rings. The molecule has 1 atom stereocenters. The van der Waals surface area contributed by atoms with Gasteiger partial charge in [0.2, 0.25) is 0 Å². The first-order valence-electron chi connectivity index (χ1n) is 10.1. The number of amides is 1. The number of fused-ring (bicyclic) bond motifs is 1. The summed E-state index contributed by atoms with van der Waals surface area (Å²) < 4.78 is 10.8. The van der Waals surface area contributed by atoms with Crippen LogP contribution in [0.15, 0.2) is 42.5 Å². The molecule has 1 aliphatic carbocycles. The van der Waals surface area contributed by atoms with E-state index in [1.54, 1.807) is 7.11 Å². The van der Waals surface area contributed by atoms with Crippen LogP contribution in [-0.4, -0.2) is 50.8 Å². The molecular formula is C23H28N2O3. The van der Waals surface area contributed by atoms with Gasteiger partial charge in [-0.1, -0.05) is 18.2 Å². The van der Waals surface area contributed by atoms with E-state index < -0.39 is 0 Å². The summed E-state index contributed by atoms with van der Waals surface area (Å²) in [5.74, 6) is 0.841. The number of methoxy groups -OCH3 is 1. The molecule has 148 valence electrons. The fourth-order valence-corrected chi connectivity index (χ4v) is 4.18. The van der Waals surface area contributed by atoms with Gasteiger partial charge < -0.3 is 14.8 Å². The van der Waals surface area contributed by atoms with Gasteiger partial charge in [-0.2, -0.15) is 0 Å². The number of rotatable bonds is 6. The van der Waals surface area contributed by atoms with Crippen molar-refractivity contribution < 1.29 is 14.3 Å². The molecule has 2 aromatic carbocycles. The number of hydrogen-bond acceptors (Lipinski definition) is 4. The molecule has 0 saturated carbocycles. The molecular weight excluding hydrogens is 352 g/mol. The van der Waals surface area contributed by atoms with Crippen molar-refractivity contribution in [2.24, 2.45) is 0 Å². The van der Waals surface area contributed by atoms with E-state index in [-0.39, 0.29) is 11.9 Å². The Hall–Kier alpha value is -2.37. The van der Waals surface area contributed by atoms with Crippen molar-refractivity contribution in [3.63, 3.8) is 0 Å². The van der Waals surface area contributed by atoms with Crippen molar-refractivity contribution in [2.45, 2.75) is 25.3 Å². The second kappa shape index (κ2) is 8.76. The summed E-state index contributed by atoms with van der Waals surface area (Å²) in [7, 11) is 1.67. The molecule has 4 rings (SSSR count). The predicted molar refractivity (Wildman–Crippen MR) is 109 cm³/mol. The van der Waals surface area contributed by atoms with Gasteiger partial charge in [0.05, 0.1) is 26.4 Å². The van der Waals surface area contributed by atoms with E-state index in [9.17, 15) is 4.79 Å². The maximum Gasteiger partial charge on any atom is 0.251 e. The highest BCUT2D eigenvalue weighted by atomic mass is 16.5. The Morgan fingerprint density at radius 1 is 1.11 bits per heavy atom. The summed E-state index contributed by atoms with van der Waals surface area (Å²) in [6.45, 7) is 3.76. The molecule has 2 aliphatic rings. The highest BCUT2D eigenvalue weighted by Crippen LogP contribution is 2.25. The second-order valence-corrected chi connectivity index (χ2v) is 7.48. The van der Waals surface area contributed by atoms with Crippen molar-refractivity contribution >= 4 is 5.91 Å². The number of hydrogen-bond donors (Lipinski definition) is 1. The molecule has 0 radical (unpaired) electrons. The van der Waals surface area contributed by atoms with Gasteiger partial charge in [0, 0.05) is 25.2 Å². The average Bonchev–Trinajstić information content (AvgIpc) is 3.23. The number of nitrogens with one attached hydrogen (secondary N) is 1. The van der Waals surface area contributed by atoms with Crippen LogP contribution in [0.1, 0.15) is 39.5 Å². The molecule has 1 heterocycles. The topological polar surface area (TPSA) is 50.8 Å². The third kappa shape index (κ3) is 4.21. The van der Waals surface area contributed by atoms with E-state index in [1.807, 2.05) is 18.2 Å². The molecule has 1 saturated heterocycles. The van der Waals surface area contributed by atoms with Gasteiger partial charge in [0.15, 0.2) is 0 Å². The summed E-state index contributed by atoms with van der Waals surface area (Å²) in [4.78, 5) is 15.2. The quantitative estimate of drug-likeness (QED) is 0.837. The van der Waals surface area contributed by atoms with Crippen molar-refractivity contribution in [3.05, 3.63) is 64.7 Å². The maximum atomic E-state index is 12.8. The number of ether oxygens (including phenoxy) is 2. The first kappa shape index (κ1) is 19.0. The zero-order chi connectivity index (χ0) is 19.3. The van der Waals surface area contributed by atoms with E-state index in [1.165, 1.54) is 23.1 Å². The van der Waals surface area contributed by atoms with Crippen LogP contribution in [0.3, 0.4) is 0 Å². The molecule has 0 unspecified atom stereocenters. The Balaban J connectivity index is 1.47. The fourth-order valence-electron chi connectivity index (χ4n) is 4.18. The lowest BCUT2D eigenvalue weighted by atomic mass is 10.0. The van der Waals surface area contributed by atoms with Gasteiger partial charge in [0.25, 0.3) is 5.91 Å². The molecule has 5 nitrogen and oxygen atoms in total. The summed E-state index contributed by atoms with van der Waals surface area (Å²) in [6, 6.07) is 14.4. The SMILES string of the molecule is COc1ccc([C@H](CNC(=O)c2ccc3c(c2)CCC3)N2CCOCC2)cc1. The average molecular weight is 380 g/mol. The summed E-state index contributed by atoms with van der Waals surface area (Å²) >= 11 is 0. The number of carbonyl (C=O) groups is 1. The van der Waals surface area contributed by atoms with Gasteiger partial charge in [-0.25, -0.2) is 0 Å². The van der Waals surface area contributed by atoms with Gasteiger partial charge in [-0.05, 0) is 60.2 Å². The first-order chi connectivity index (χ1) is 13.7. The van der Waals surface area contributed by atoms with Crippen molar-refractivity contribution in [1.29, 1.82) is 0 Å². The highest BCUT2D eigenvalue weighted by Gasteiger charge is 2.24. The van der Waals surface area contributed by atoms with Crippen molar-refractivity contribution in [2.75, 3.05) is 40.0 Å². The number of morpholine rings is 1. The lowest BCUT2D eigenvalue weighted by Crippen LogP contribution is -2.43. The van der Waals surface area contributed by atoms with Crippen LogP contribution < -0.4 is 10.1 Å². The van der Waals surface area contributed by atoms with E-state index in [0.717, 1.165) is 50.5 Å². The van der Waals surface area contributed by atoms with E-state index in [4.69, 9.17) is 9.47 Å². The first-order valence-corrected chi connectivity index (χ1v) is 10.1. The zero-order valence-corrected chi connectivity index (χ0v) is 16.4. The Bertz CT molecular complexity index is 813. The third-order valence-corrected chi connectivity index (χ3v) is 5.80. The van der Waals surface area contributed by atoms with Gasteiger partial charge in [0.1, 0.15) is 5.75 Å². The smallest absolute Gasteiger partial charge is 0.251 e. The highest BCUT2D eigenvalue weighted by molar-refractivity contribution is 5.94. The molecule has 0 aromatic heterocycles. The second-order valence-electron chi connectivity index (χ2n) is 7.48. The number of carbonyl (C=O) groups excluding carboxylic acids is 1. The third-order valence-electron chi connectivity index (χ3n) is 5.80. The standard InChI is InChI=1S/C23H28N2O3/c1-27-21-9-7-18(8-10-21)22(25-11-13-28-14-12-25)16-24-23(26)20-6-5-17-3-2-4-19(17)15-20/h5-10,15,22H,2-4,11-14,16H2,1H3,(H,24,26)/t22-/m0/s1. The minimum absolute atomic E-state index is 0.00136. The largest absolute Gasteiger partial charge is 0.497 e. The van der Waals surface area contributed by atoms with Crippen LogP contribution in [0.2, 0.25) is 0 Å². The molecule has 5 heteroatoms. The predicted octanol–water partition coefficient (Wildman–Crippen LogP) is 2.99. The zero-order valence-electron chi connectivity index (χ0n) is 16.4. The molecule has 28 heavy (non-hydrogen) atoms. The number of benzene rings is 2. The van der Waals surface area contributed by atoms with E-state index in [0.29, 0.717) is 6.54 Å². The fraction of sp³-hybridized carbons (Fsp3) is 0.435. The molecule has 1 amide bonds. The normalized spacial score (nSPS) is 17.8. The molecule has 1 aliphatic heterocycles. The van der Waals surface area contributed by atoms with Gasteiger partial charge in [-0.15, -0.1) is 0 Å². The van der Waals surface area contributed by atoms with E-state index in [2.05, 4.69) is 34.5 Å². The minimum atomic E-state index is 0.00136. The van der Waals surface area contributed by atoms with Crippen molar-refractivity contribution in [3.8, 4) is 5.75 Å². The Morgan fingerprint density at radius 3 is 2.61 bits per heavy atom. The Morgan fingerprint density at radius 2 is 1.86 bits per heavy atom. The number of nitrogens with zero attached hydrogens (tertiary/aromatic N) is 1. The van der Waals surface area contributed by atoms with Crippen LogP contribution in [0.25, 0.3) is 0 Å². The van der Waals surface area contributed by atoms with Gasteiger partial charge in [-0.3, -0.25) is 9.69 Å². The Labute approximate surface area is 166 Å². The lowest BCUT2D eigenvalue weighted by molar-refractivity contribution is 0.0162. The van der Waals surface area contributed by atoms with Crippen LogP contribution in [0.4, 0.5) is 0 Å². The number of aryl methyl sites for hydroxylation is 2. The summed E-state index contributed by atoms with van der Waals surface area (Å²) in [5.41, 5.74) is 4.65. The molecule has 1 N–H and O–H groups in total. The van der Waals surface area contributed by atoms with Gasteiger partial charge >= 0.3 is 0 Å². The van der Waals surface area contributed by atoms with Crippen molar-refractivity contribution in [1.82, 2.24) is 10.2 Å². The van der Waals surface area contributed by atoms with Crippen LogP contribution in [0.5, 0.6) is 5.75 Å². The summed E-state index contributed by atoms with van der Waals surface area (Å²) in [6.07, 6.45) is 3.41. The monoisotopic (exact) mass is 380 g/mol. The molecule has 1 fully saturated rings. The van der Waals surface area contributed by atoms with Crippen LogP contribution >= 0.6 is 0 Å². The maximum absolute atomic E-state index is 12.8. The summed E-state index contributed by atoms with van der Waals surface area (Å²) in [5, 5.41) is 3.16. The van der Waals surface area contributed by atoms with E-state index >= 15 is 0 Å². The minimum Gasteiger partial charge on any atom is -0.497 e. The molecule has 0 bridgehead atoms. The van der Waals surface area contributed by atoms with Crippen LogP contribution in [-0.2, 0) is 17.6 Å². The molecule has 0 spiro atoms.